The molecular formula is C22H32FN5S. The molecule has 2 N–H and O–H groups in total. The van der Waals surface area contributed by atoms with Crippen molar-refractivity contribution in [2.75, 3.05) is 26.2 Å². The first-order valence-corrected chi connectivity index (χ1v) is 11.3. The van der Waals surface area contributed by atoms with Gasteiger partial charge in [-0.05, 0) is 58.7 Å². The number of guanidine groups is 1. The molecule has 0 aliphatic carbocycles. The number of halogens is 1. The lowest BCUT2D eigenvalue weighted by Crippen LogP contribution is -2.42. The fourth-order valence-electron chi connectivity index (χ4n) is 3.67. The Labute approximate surface area is 177 Å². The van der Waals surface area contributed by atoms with Gasteiger partial charge >= 0.3 is 0 Å². The zero-order valence-electron chi connectivity index (χ0n) is 17.7. The molecule has 2 heterocycles. The summed E-state index contributed by atoms with van der Waals surface area (Å²) < 4.78 is 13.9. The number of nitrogens with zero attached hydrogens (tertiary/aromatic N) is 3. The van der Waals surface area contributed by atoms with Crippen molar-refractivity contribution in [2.45, 2.75) is 46.7 Å². The second kappa shape index (κ2) is 10.7. The van der Waals surface area contributed by atoms with Gasteiger partial charge in [0.1, 0.15) is 5.82 Å². The fourth-order valence-corrected chi connectivity index (χ4v) is 4.53. The van der Waals surface area contributed by atoms with Crippen molar-refractivity contribution in [3.63, 3.8) is 0 Å². The maximum absolute atomic E-state index is 13.9. The van der Waals surface area contributed by atoms with Crippen LogP contribution in [0.4, 0.5) is 4.39 Å². The Balaban J connectivity index is 1.45. The van der Waals surface area contributed by atoms with Crippen molar-refractivity contribution in [3.05, 3.63) is 51.2 Å². The number of benzene rings is 1. The maximum Gasteiger partial charge on any atom is 0.191 e. The van der Waals surface area contributed by atoms with Crippen molar-refractivity contribution in [1.82, 2.24) is 20.5 Å². The number of aryl methyl sites for hydroxylation is 2. The number of thiazole rings is 1. The van der Waals surface area contributed by atoms with Crippen LogP contribution in [-0.4, -0.2) is 42.0 Å². The summed E-state index contributed by atoms with van der Waals surface area (Å²) in [6, 6.07) is 7.08. The lowest BCUT2D eigenvalue weighted by Gasteiger charge is -2.32. The molecule has 0 unspecified atom stereocenters. The summed E-state index contributed by atoms with van der Waals surface area (Å²) in [6.07, 6.45) is 2.24. The molecule has 1 aliphatic rings. The standard InChI is InChI=1S/C22H32FN5S/c1-4-24-22(26-14-21-16(2)27-17(3)29-21)25-13-18-9-11-28(12-10-18)15-19-7-5-6-8-20(19)23/h5-8,18H,4,9-15H2,1-3H3,(H2,24,25,26). The van der Waals surface area contributed by atoms with E-state index in [0.29, 0.717) is 19.0 Å². The van der Waals surface area contributed by atoms with Crippen LogP contribution in [0.5, 0.6) is 0 Å². The van der Waals surface area contributed by atoms with Crippen LogP contribution in [0.3, 0.4) is 0 Å². The number of hydrogen-bond donors (Lipinski definition) is 2. The van der Waals surface area contributed by atoms with E-state index in [1.54, 1.807) is 23.5 Å². The predicted octanol–water partition coefficient (Wildman–Crippen LogP) is 3.87. The Hall–Kier alpha value is -1.99. The van der Waals surface area contributed by atoms with Gasteiger partial charge in [-0.2, -0.15) is 0 Å². The topological polar surface area (TPSA) is 52.6 Å². The number of rotatable bonds is 7. The maximum atomic E-state index is 13.9. The molecule has 2 aromatic rings. The molecule has 0 amide bonds. The van der Waals surface area contributed by atoms with Gasteiger partial charge in [0.15, 0.2) is 5.96 Å². The lowest BCUT2D eigenvalue weighted by molar-refractivity contribution is 0.176. The number of aliphatic imine (C=N–C) groups is 1. The highest BCUT2D eigenvalue weighted by atomic mass is 32.1. The Morgan fingerprint density at radius 2 is 2.00 bits per heavy atom. The molecule has 158 valence electrons. The SMILES string of the molecule is CCNC(=NCc1sc(C)nc1C)NCC1CCN(Cc2ccccc2F)CC1. The largest absolute Gasteiger partial charge is 0.357 e. The monoisotopic (exact) mass is 417 g/mol. The molecule has 5 nitrogen and oxygen atoms in total. The molecule has 1 aromatic heterocycles. The minimum Gasteiger partial charge on any atom is -0.357 e. The molecule has 0 atom stereocenters. The zero-order valence-corrected chi connectivity index (χ0v) is 18.5. The van der Waals surface area contributed by atoms with Gasteiger partial charge in [-0.3, -0.25) is 4.90 Å². The van der Waals surface area contributed by atoms with E-state index in [4.69, 9.17) is 4.99 Å². The van der Waals surface area contributed by atoms with E-state index >= 15 is 0 Å². The summed E-state index contributed by atoms with van der Waals surface area (Å²) in [4.78, 5) is 12.8. The summed E-state index contributed by atoms with van der Waals surface area (Å²) in [5.41, 5.74) is 1.87. The molecule has 7 heteroatoms. The molecule has 1 saturated heterocycles. The number of hydrogen-bond acceptors (Lipinski definition) is 4. The predicted molar refractivity (Wildman–Crippen MR) is 119 cm³/mol. The van der Waals surface area contributed by atoms with Gasteiger partial charge in [-0.25, -0.2) is 14.4 Å². The van der Waals surface area contributed by atoms with E-state index in [-0.39, 0.29) is 5.82 Å². The lowest BCUT2D eigenvalue weighted by atomic mass is 9.96. The van der Waals surface area contributed by atoms with Gasteiger partial charge in [0.25, 0.3) is 0 Å². The first-order valence-electron chi connectivity index (χ1n) is 10.5. The van der Waals surface area contributed by atoms with Crippen LogP contribution in [0.1, 0.15) is 40.9 Å². The van der Waals surface area contributed by atoms with E-state index in [2.05, 4.69) is 27.4 Å². The average molecular weight is 418 g/mol. The first kappa shape index (κ1) is 21.7. The van der Waals surface area contributed by atoms with E-state index in [1.807, 2.05) is 26.0 Å². The normalized spacial score (nSPS) is 16.2. The van der Waals surface area contributed by atoms with Crippen LogP contribution in [0.2, 0.25) is 0 Å². The van der Waals surface area contributed by atoms with Gasteiger partial charge in [-0.15, -0.1) is 11.3 Å². The van der Waals surface area contributed by atoms with Crippen LogP contribution in [0.25, 0.3) is 0 Å². The summed E-state index contributed by atoms with van der Waals surface area (Å²) in [7, 11) is 0. The minimum atomic E-state index is -0.103. The average Bonchev–Trinajstić information content (AvgIpc) is 3.04. The highest BCUT2D eigenvalue weighted by Crippen LogP contribution is 2.20. The third kappa shape index (κ3) is 6.51. The van der Waals surface area contributed by atoms with Crippen molar-refractivity contribution >= 4 is 17.3 Å². The van der Waals surface area contributed by atoms with Crippen LogP contribution in [-0.2, 0) is 13.1 Å². The molecule has 29 heavy (non-hydrogen) atoms. The fraction of sp³-hybridized carbons (Fsp3) is 0.545. The van der Waals surface area contributed by atoms with Gasteiger partial charge in [0.05, 0.1) is 17.2 Å². The summed E-state index contributed by atoms with van der Waals surface area (Å²) >= 11 is 1.72. The van der Waals surface area contributed by atoms with E-state index < -0.39 is 0 Å². The number of aromatic nitrogens is 1. The molecule has 0 radical (unpaired) electrons. The number of nitrogens with one attached hydrogen (secondary N) is 2. The van der Waals surface area contributed by atoms with Crippen LogP contribution < -0.4 is 10.6 Å². The summed E-state index contributed by atoms with van der Waals surface area (Å²) in [5.74, 6) is 1.38. The second-order valence-electron chi connectivity index (χ2n) is 7.63. The second-order valence-corrected chi connectivity index (χ2v) is 8.92. The summed E-state index contributed by atoms with van der Waals surface area (Å²) in [6.45, 7) is 11.3. The smallest absolute Gasteiger partial charge is 0.191 e. The van der Waals surface area contributed by atoms with Crippen LogP contribution in [0.15, 0.2) is 29.3 Å². The van der Waals surface area contributed by atoms with Gasteiger partial charge in [-0.1, -0.05) is 18.2 Å². The molecule has 0 spiro atoms. The Bertz CT molecular complexity index is 811. The molecule has 0 saturated carbocycles. The summed E-state index contributed by atoms with van der Waals surface area (Å²) in [5, 5.41) is 7.93. The molecular weight excluding hydrogens is 385 g/mol. The number of piperidine rings is 1. The Kier molecular flexibility index (Phi) is 8.00. The van der Waals surface area contributed by atoms with Crippen molar-refractivity contribution < 1.29 is 4.39 Å². The number of likely N-dealkylation sites (tertiary alicyclic amines) is 1. The van der Waals surface area contributed by atoms with Crippen molar-refractivity contribution in [1.29, 1.82) is 0 Å². The first-order chi connectivity index (χ1) is 14.0. The quantitative estimate of drug-likeness (QED) is 0.530. The molecule has 0 bridgehead atoms. The minimum absolute atomic E-state index is 0.103. The zero-order chi connectivity index (χ0) is 20.6. The molecule has 1 aliphatic heterocycles. The third-order valence-electron chi connectivity index (χ3n) is 5.34. The van der Waals surface area contributed by atoms with Gasteiger partial charge < -0.3 is 10.6 Å². The molecule has 3 rings (SSSR count). The van der Waals surface area contributed by atoms with Crippen LogP contribution >= 0.6 is 11.3 Å². The van der Waals surface area contributed by atoms with Crippen molar-refractivity contribution in [3.8, 4) is 0 Å². The molecule has 1 fully saturated rings. The van der Waals surface area contributed by atoms with Crippen LogP contribution in [0, 0.1) is 25.6 Å². The third-order valence-corrected chi connectivity index (χ3v) is 6.40. The van der Waals surface area contributed by atoms with Gasteiger partial charge in [0, 0.05) is 30.1 Å². The van der Waals surface area contributed by atoms with E-state index in [0.717, 1.165) is 61.2 Å². The Morgan fingerprint density at radius 3 is 2.66 bits per heavy atom. The van der Waals surface area contributed by atoms with Crippen molar-refractivity contribution in [2.24, 2.45) is 10.9 Å². The molecule has 1 aromatic carbocycles. The van der Waals surface area contributed by atoms with Gasteiger partial charge in [0.2, 0.25) is 0 Å². The van der Waals surface area contributed by atoms with E-state index in [9.17, 15) is 4.39 Å². The Morgan fingerprint density at radius 1 is 1.24 bits per heavy atom. The highest BCUT2D eigenvalue weighted by Gasteiger charge is 2.20. The van der Waals surface area contributed by atoms with E-state index in [1.165, 1.54) is 4.88 Å². The highest BCUT2D eigenvalue weighted by molar-refractivity contribution is 7.11.